The Bertz CT molecular complexity index is 484. The fraction of sp³-hybridized carbons (Fsp3) is 0.588. The van der Waals surface area contributed by atoms with Crippen LogP contribution in [0.25, 0.3) is 0 Å². The van der Waals surface area contributed by atoms with Crippen molar-refractivity contribution in [2.75, 3.05) is 0 Å². The van der Waals surface area contributed by atoms with E-state index >= 15 is 0 Å². The zero-order valence-electron chi connectivity index (χ0n) is 11.5. The Hall–Kier alpha value is -1.31. The largest absolute Gasteiger partial charge is 0.481 e. The van der Waals surface area contributed by atoms with Gasteiger partial charge in [0, 0.05) is 0 Å². The summed E-state index contributed by atoms with van der Waals surface area (Å²) < 4.78 is 0. The van der Waals surface area contributed by atoms with E-state index in [1.807, 2.05) is 0 Å². The number of carbonyl (C=O) groups is 1. The van der Waals surface area contributed by atoms with Gasteiger partial charge in [-0.3, -0.25) is 4.79 Å². The number of benzene rings is 1. The van der Waals surface area contributed by atoms with E-state index in [9.17, 15) is 9.90 Å². The third kappa shape index (κ3) is 2.41. The Morgan fingerprint density at radius 1 is 1.05 bits per heavy atom. The van der Waals surface area contributed by atoms with E-state index in [4.69, 9.17) is 0 Å². The Kier molecular flexibility index (Phi) is 3.34. The number of carboxylic acids is 1. The van der Waals surface area contributed by atoms with E-state index in [-0.39, 0.29) is 0 Å². The van der Waals surface area contributed by atoms with Crippen molar-refractivity contribution in [1.82, 2.24) is 0 Å². The summed E-state index contributed by atoms with van der Waals surface area (Å²) in [6.07, 6.45) is 9.48. The van der Waals surface area contributed by atoms with E-state index < -0.39 is 11.4 Å². The van der Waals surface area contributed by atoms with Crippen molar-refractivity contribution < 1.29 is 9.90 Å². The third-order valence-corrected chi connectivity index (χ3v) is 4.97. The number of hydrogen-bond acceptors (Lipinski definition) is 1. The second kappa shape index (κ2) is 4.99. The summed E-state index contributed by atoms with van der Waals surface area (Å²) in [7, 11) is 0. The lowest BCUT2D eigenvalue weighted by Gasteiger charge is -2.25. The first-order chi connectivity index (χ1) is 9.20. The highest BCUT2D eigenvalue weighted by Gasteiger charge is 2.41. The summed E-state index contributed by atoms with van der Waals surface area (Å²) in [5.74, 6) is -0.595. The lowest BCUT2D eigenvalue weighted by molar-refractivity contribution is -0.148. The van der Waals surface area contributed by atoms with Gasteiger partial charge in [0.1, 0.15) is 0 Å². The van der Waals surface area contributed by atoms with Crippen LogP contribution in [-0.2, 0) is 24.1 Å². The Morgan fingerprint density at radius 3 is 2.42 bits per heavy atom. The minimum atomic E-state index is -0.595. The van der Waals surface area contributed by atoms with E-state index in [0.717, 1.165) is 32.1 Å². The van der Waals surface area contributed by atoms with Crippen LogP contribution < -0.4 is 0 Å². The molecule has 19 heavy (non-hydrogen) atoms. The molecule has 3 rings (SSSR count). The maximum Gasteiger partial charge on any atom is 0.309 e. The molecule has 2 heteroatoms. The highest BCUT2D eigenvalue weighted by Crippen LogP contribution is 2.41. The number of hydrogen-bond donors (Lipinski definition) is 1. The molecular weight excluding hydrogens is 236 g/mol. The predicted octanol–water partition coefficient (Wildman–Crippen LogP) is 3.75. The lowest BCUT2D eigenvalue weighted by atomic mass is 9.79. The average molecular weight is 258 g/mol. The topological polar surface area (TPSA) is 37.3 Å². The highest BCUT2D eigenvalue weighted by molar-refractivity contribution is 5.75. The Balaban J connectivity index is 1.84. The molecule has 2 nitrogen and oxygen atoms in total. The molecule has 102 valence electrons. The molecule has 0 unspecified atom stereocenters. The van der Waals surface area contributed by atoms with Crippen LogP contribution in [0, 0.1) is 5.41 Å². The van der Waals surface area contributed by atoms with Gasteiger partial charge in [0.2, 0.25) is 0 Å². The van der Waals surface area contributed by atoms with Gasteiger partial charge in [0.05, 0.1) is 5.41 Å². The number of aliphatic carboxylic acids is 1. The van der Waals surface area contributed by atoms with Crippen LogP contribution in [-0.4, -0.2) is 11.1 Å². The second-order valence-electron chi connectivity index (χ2n) is 6.28. The summed E-state index contributed by atoms with van der Waals surface area (Å²) in [5, 5.41) is 9.56. The van der Waals surface area contributed by atoms with Crippen LogP contribution in [0.15, 0.2) is 18.2 Å². The van der Waals surface area contributed by atoms with Gasteiger partial charge in [-0.25, -0.2) is 0 Å². The molecule has 0 atom stereocenters. The van der Waals surface area contributed by atoms with E-state index in [2.05, 4.69) is 18.2 Å². The Labute approximate surface area is 114 Å². The van der Waals surface area contributed by atoms with Gasteiger partial charge in [-0.15, -0.1) is 0 Å². The number of fused-ring (bicyclic) bond motifs is 1. The molecule has 1 aromatic carbocycles. The molecule has 0 spiro atoms. The molecule has 0 bridgehead atoms. The fourth-order valence-electron chi connectivity index (χ4n) is 3.81. The van der Waals surface area contributed by atoms with Crippen molar-refractivity contribution in [3.8, 4) is 0 Å². The normalized spacial score (nSPS) is 21.1. The van der Waals surface area contributed by atoms with Crippen LogP contribution in [0.1, 0.15) is 55.2 Å². The van der Waals surface area contributed by atoms with Crippen LogP contribution >= 0.6 is 0 Å². The number of aryl methyl sites for hydroxylation is 2. The first-order valence-corrected chi connectivity index (χ1v) is 7.54. The zero-order valence-corrected chi connectivity index (χ0v) is 11.5. The van der Waals surface area contributed by atoms with Gasteiger partial charge in [-0.1, -0.05) is 31.0 Å². The smallest absolute Gasteiger partial charge is 0.309 e. The summed E-state index contributed by atoms with van der Waals surface area (Å²) in [4.78, 5) is 11.6. The molecule has 1 N–H and O–H groups in total. The quantitative estimate of drug-likeness (QED) is 0.896. The second-order valence-corrected chi connectivity index (χ2v) is 6.28. The first-order valence-electron chi connectivity index (χ1n) is 7.54. The summed E-state index contributed by atoms with van der Waals surface area (Å²) in [6.45, 7) is 0. The molecule has 0 radical (unpaired) electrons. The first kappa shape index (κ1) is 12.7. The van der Waals surface area contributed by atoms with Crippen molar-refractivity contribution in [3.05, 3.63) is 34.9 Å². The molecule has 0 aliphatic heterocycles. The van der Waals surface area contributed by atoms with Crippen molar-refractivity contribution in [2.45, 2.75) is 57.8 Å². The van der Waals surface area contributed by atoms with Crippen molar-refractivity contribution in [3.63, 3.8) is 0 Å². The summed E-state index contributed by atoms with van der Waals surface area (Å²) >= 11 is 0. The van der Waals surface area contributed by atoms with Gasteiger partial charge < -0.3 is 5.11 Å². The van der Waals surface area contributed by atoms with E-state index in [0.29, 0.717) is 0 Å². The molecule has 1 fully saturated rings. The number of rotatable bonds is 3. The van der Waals surface area contributed by atoms with Crippen LogP contribution in [0.5, 0.6) is 0 Å². The minimum Gasteiger partial charge on any atom is -0.481 e. The molecule has 0 heterocycles. The zero-order chi connectivity index (χ0) is 13.3. The highest BCUT2D eigenvalue weighted by atomic mass is 16.4. The number of carboxylic acid groups (broad SMARTS) is 1. The van der Waals surface area contributed by atoms with Crippen molar-refractivity contribution >= 4 is 5.97 Å². The summed E-state index contributed by atoms with van der Waals surface area (Å²) in [6, 6.07) is 6.67. The van der Waals surface area contributed by atoms with E-state index in [1.54, 1.807) is 0 Å². The minimum absolute atomic E-state index is 0.483. The van der Waals surface area contributed by atoms with Gasteiger partial charge >= 0.3 is 5.97 Å². The standard InChI is InChI=1S/C17H22O2/c18-16(19)17(9-3-4-10-17)12-13-7-8-14-5-1-2-6-15(14)11-13/h7-8,11H,1-6,9-10,12H2,(H,18,19). The molecule has 1 saturated carbocycles. The van der Waals surface area contributed by atoms with Crippen molar-refractivity contribution in [1.29, 1.82) is 0 Å². The van der Waals surface area contributed by atoms with Gasteiger partial charge in [-0.05, 0) is 61.6 Å². The van der Waals surface area contributed by atoms with Crippen molar-refractivity contribution in [2.24, 2.45) is 5.41 Å². The molecule has 0 aromatic heterocycles. The SMILES string of the molecule is O=C(O)C1(Cc2ccc3c(c2)CCCC3)CCCC1. The maximum atomic E-state index is 11.6. The van der Waals surface area contributed by atoms with Gasteiger partial charge in [0.25, 0.3) is 0 Å². The molecule has 0 saturated heterocycles. The average Bonchev–Trinajstić information content (AvgIpc) is 2.88. The van der Waals surface area contributed by atoms with E-state index in [1.165, 1.54) is 42.4 Å². The van der Waals surface area contributed by atoms with Crippen LogP contribution in [0.3, 0.4) is 0 Å². The monoisotopic (exact) mass is 258 g/mol. The molecule has 0 amide bonds. The van der Waals surface area contributed by atoms with Gasteiger partial charge in [0.15, 0.2) is 0 Å². The van der Waals surface area contributed by atoms with Gasteiger partial charge in [-0.2, -0.15) is 0 Å². The van der Waals surface area contributed by atoms with Crippen LogP contribution in [0.4, 0.5) is 0 Å². The third-order valence-electron chi connectivity index (χ3n) is 4.97. The molecule has 2 aliphatic carbocycles. The molecular formula is C17H22O2. The predicted molar refractivity (Wildman–Crippen MR) is 75.3 cm³/mol. The fourth-order valence-corrected chi connectivity index (χ4v) is 3.81. The maximum absolute atomic E-state index is 11.6. The lowest BCUT2D eigenvalue weighted by Crippen LogP contribution is -2.30. The Morgan fingerprint density at radius 2 is 1.74 bits per heavy atom. The molecule has 1 aromatic rings. The summed E-state index contributed by atoms with van der Waals surface area (Å²) in [5.41, 5.74) is 3.68. The molecule has 2 aliphatic rings. The van der Waals surface area contributed by atoms with Crippen LogP contribution in [0.2, 0.25) is 0 Å².